The van der Waals surface area contributed by atoms with E-state index >= 15 is 0 Å². The summed E-state index contributed by atoms with van der Waals surface area (Å²) in [5, 5.41) is 19.4. The van der Waals surface area contributed by atoms with Crippen LogP contribution in [-0.2, 0) is 13.1 Å². The summed E-state index contributed by atoms with van der Waals surface area (Å²) in [6.45, 7) is 6.15. The van der Waals surface area contributed by atoms with Gasteiger partial charge in [-0.2, -0.15) is 0 Å². The third kappa shape index (κ3) is 4.21. The summed E-state index contributed by atoms with van der Waals surface area (Å²) in [4.78, 5) is 14.0. The number of pyridine rings is 1. The third-order valence-electron chi connectivity index (χ3n) is 4.02. The molecule has 0 saturated carbocycles. The average Bonchev–Trinajstić information content (AvgIpc) is 2.56. The number of aromatic hydroxyl groups is 1. The first-order chi connectivity index (χ1) is 11.1. The Morgan fingerprint density at radius 1 is 1.22 bits per heavy atom. The van der Waals surface area contributed by atoms with Crippen LogP contribution in [0.15, 0.2) is 41.2 Å². The van der Waals surface area contributed by atoms with Crippen LogP contribution in [0.4, 0.5) is 0 Å². The van der Waals surface area contributed by atoms with Gasteiger partial charge in [-0.25, -0.2) is 0 Å². The molecule has 2 N–H and O–H groups in total. The number of hydrogen-bond donors (Lipinski definition) is 2. The summed E-state index contributed by atoms with van der Waals surface area (Å²) in [5.41, 5.74) is 2.15. The van der Waals surface area contributed by atoms with Crippen molar-refractivity contribution in [3.63, 3.8) is 0 Å². The fraction of sp³-hybridized carbons (Fsp3) is 0.389. The summed E-state index contributed by atoms with van der Waals surface area (Å²) in [7, 11) is 0. The second-order valence-electron chi connectivity index (χ2n) is 5.61. The number of hydrogen-bond acceptors (Lipinski definition) is 4. The van der Waals surface area contributed by atoms with Gasteiger partial charge in [-0.15, -0.1) is 0 Å². The van der Waals surface area contributed by atoms with E-state index < -0.39 is 0 Å². The standard InChI is InChI=1S/C18H24N2O3/c1-3-19(9-10-21)13-16-18(23)17(22)11-14(2)20(16)12-15-7-5-4-6-8-15/h4-8,11,21,23H,3,9-10,12-13H2,1-2H3. The minimum absolute atomic E-state index is 0.0450. The fourth-order valence-corrected chi connectivity index (χ4v) is 2.67. The number of aryl methyl sites for hydroxylation is 1. The SMILES string of the molecule is CCN(CCO)Cc1c(O)c(=O)cc(C)n1Cc1ccccc1. The minimum Gasteiger partial charge on any atom is -0.503 e. The molecular weight excluding hydrogens is 292 g/mol. The number of benzene rings is 1. The summed E-state index contributed by atoms with van der Waals surface area (Å²) in [6, 6.07) is 11.4. The molecule has 0 fully saturated rings. The maximum Gasteiger partial charge on any atom is 0.223 e. The number of likely N-dealkylation sites (N-methyl/N-ethyl adjacent to an activating group) is 1. The summed E-state index contributed by atoms with van der Waals surface area (Å²) < 4.78 is 1.96. The lowest BCUT2D eigenvalue weighted by Crippen LogP contribution is -2.29. The first kappa shape index (κ1) is 17.2. The molecule has 2 aromatic rings. The number of nitrogens with zero attached hydrogens (tertiary/aromatic N) is 2. The molecule has 0 spiro atoms. The Balaban J connectivity index is 2.43. The van der Waals surface area contributed by atoms with E-state index in [1.54, 1.807) is 0 Å². The highest BCUT2D eigenvalue weighted by molar-refractivity contribution is 5.31. The second kappa shape index (κ2) is 7.94. The van der Waals surface area contributed by atoms with Gasteiger partial charge in [0.05, 0.1) is 12.3 Å². The first-order valence-corrected chi connectivity index (χ1v) is 7.86. The molecule has 0 bridgehead atoms. The maximum absolute atomic E-state index is 12.0. The zero-order chi connectivity index (χ0) is 16.8. The van der Waals surface area contributed by atoms with Crippen molar-refractivity contribution < 1.29 is 10.2 Å². The van der Waals surface area contributed by atoms with Crippen molar-refractivity contribution in [3.8, 4) is 5.75 Å². The monoisotopic (exact) mass is 316 g/mol. The Morgan fingerprint density at radius 3 is 2.52 bits per heavy atom. The van der Waals surface area contributed by atoms with Gasteiger partial charge in [0.15, 0.2) is 5.75 Å². The molecular formula is C18H24N2O3. The van der Waals surface area contributed by atoms with E-state index in [2.05, 4.69) is 0 Å². The van der Waals surface area contributed by atoms with Gasteiger partial charge in [0.1, 0.15) is 0 Å². The van der Waals surface area contributed by atoms with Crippen LogP contribution in [0.1, 0.15) is 23.9 Å². The summed E-state index contributed by atoms with van der Waals surface area (Å²) >= 11 is 0. The Kier molecular flexibility index (Phi) is 5.96. The molecule has 5 heteroatoms. The largest absolute Gasteiger partial charge is 0.503 e. The van der Waals surface area contributed by atoms with E-state index in [1.807, 2.05) is 53.6 Å². The number of aromatic nitrogens is 1. The predicted octanol–water partition coefficient (Wildman–Crippen LogP) is 1.72. The first-order valence-electron chi connectivity index (χ1n) is 7.86. The van der Waals surface area contributed by atoms with E-state index in [-0.39, 0.29) is 17.8 Å². The molecule has 5 nitrogen and oxygen atoms in total. The van der Waals surface area contributed by atoms with Gasteiger partial charge in [-0.1, -0.05) is 37.3 Å². The van der Waals surface area contributed by atoms with E-state index in [1.165, 1.54) is 6.07 Å². The minimum atomic E-state index is -0.359. The van der Waals surface area contributed by atoms with Crippen molar-refractivity contribution in [2.24, 2.45) is 0 Å². The predicted molar refractivity (Wildman–Crippen MR) is 90.7 cm³/mol. The van der Waals surface area contributed by atoms with Crippen LogP contribution in [0.25, 0.3) is 0 Å². The highest BCUT2D eigenvalue weighted by atomic mass is 16.3. The van der Waals surface area contributed by atoms with E-state index in [0.717, 1.165) is 17.8 Å². The molecule has 0 aliphatic carbocycles. The molecule has 0 saturated heterocycles. The third-order valence-corrected chi connectivity index (χ3v) is 4.02. The van der Waals surface area contributed by atoms with Gasteiger partial charge in [0.25, 0.3) is 0 Å². The van der Waals surface area contributed by atoms with Crippen LogP contribution in [0.2, 0.25) is 0 Å². The van der Waals surface area contributed by atoms with E-state index in [0.29, 0.717) is 25.3 Å². The highest BCUT2D eigenvalue weighted by Crippen LogP contribution is 2.18. The van der Waals surface area contributed by atoms with Crippen LogP contribution in [0.5, 0.6) is 5.75 Å². The Hall–Kier alpha value is -2.11. The van der Waals surface area contributed by atoms with Crippen LogP contribution in [-0.4, -0.2) is 39.4 Å². The molecule has 0 amide bonds. The molecule has 0 radical (unpaired) electrons. The molecule has 124 valence electrons. The van der Waals surface area contributed by atoms with Crippen molar-refractivity contribution in [3.05, 3.63) is 63.6 Å². The van der Waals surface area contributed by atoms with Gasteiger partial charge in [-0.3, -0.25) is 9.69 Å². The zero-order valence-corrected chi connectivity index (χ0v) is 13.7. The summed E-state index contributed by atoms with van der Waals surface area (Å²) in [5.74, 6) is -0.206. The number of aliphatic hydroxyl groups is 1. The lowest BCUT2D eigenvalue weighted by Gasteiger charge is -2.24. The molecule has 2 rings (SSSR count). The van der Waals surface area contributed by atoms with Gasteiger partial charge >= 0.3 is 0 Å². The van der Waals surface area contributed by atoms with Crippen LogP contribution in [0, 0.1) is 6.92 Å². The molecule has 1 heterocycles. The quantitative estimate of drug-likeness (QED) is 0.816. The number of aliphatic hydroxyl groups excluding tert-OH is 1. The highest BCUT2D eigenvalue weighted by Gasteiger charge is 2.16. The smallest absolute Gasteiger partial charge is 0.223 e. The average molecular weight is 316 g/mol. The fourth-order valence-electron chi connectivity index (χ4n) is 2.67. The normalized spacial score (nSPS) is 11.1. The molecule has 1 aromatic heterocycles. The lowest BCUT2D eigenvalue weighted by molar-refractivity contribution is 0.191. The molecule has 23 heavy (non-hydrogen) atoms. The molecule has 0 aliphatic heterocycles. The topological polar surface area (TPSA) is 65.7 Å². The zero-order valence-electron chi connectivity index (χ0n) is 13.7. The maximum atomic E-state index is 12.0. The van der Waals surface area contributed by atoms with Crippen molar-refractivity contribution in [1.29, 1.82) is 0 Å². The van der Waals surface area contributed by atoms with Gasteiger partial charge in [-0.05, 0) is 19.0 Å². The van der Waals surface area contributed by atoms with Gasteiger partial charge < -0.3 is 14.8 Å². The lowest BCUT2D eigenvalue weighted by atomic mass is 10.1. The molecule has 0 unspecified atom stereocenters. The molecule has 0 atom stereocenters. The van der Waals surface area contributed by atoms with Gasteiger partial charge in [0, 0.05) is 31.4 Å². The molecule has 0 aliphatic rings. The van der Waals surface area contributed by atoms with Crippen LogP contribution < -0.4 is 5.43 Å². The van der Waals surface area contributed by atoms with Crippen molar-refractivity contribution in [1.82, 2.24) is 9.47 Å². The van der Waals surface area contributed by atoms with Crippen LogP contribution >= 0.6 is 0 Å². The van der Waals surface area contributed by atoms with Crippen LogP contribution in [0.3, 0.4) is 0 Å². The Morgan fingerprint density at radius 2 is 1.91 bits per heavy atom. The Labute approximate surface area is 136 Å². The van der Waals surface area contributed by atoms with Crippen molar-refractivity contribution in [2.75, 3.05) is 19.7 Å². The molecule has 1 aromatic carbocycles. The Bertz CT molecular complexity index is 695. The van der Waals surface area contributed by atoms with Crippen molar-refractivity contribution >= 4 is 0 Å². The van der Waals surface area contributed by atoms with E-state index in [9.17, 15) is 9.90 Å². The summed E-state index contributed by atoms with van der Waals surface area (Å²) in [6.07, 6.45) is 0. The van der Waals surface area contributed by atoms with Crippen molar-refractivity contribution in [2.45, 2.75) is 26.9 Å². The van der Waals surface area contributed by atoms with E-state index in [4.69, 9.17) is 5.11 Å². The number of rotatable bonds is 7. The van der Waals surface area contributed by atoms with Gasteiger partial charge in [0.2, 0.25) is 5.43 Å². The second-order valence-corrected chi connectivity index (χ2v) is 5.61.